The molecule has 1 saturated carbocycles. The first-order chi connectivity index (χ1) is 8.72. The van der Waals surface area contributed by atoms with Gasteiger partial charge in [0.15, 0.2) is 0 Å². The van der Waals surface area contributed by atoms with E-state index in [4.69, 9.17) is 15.0 Å². The number of aliphatic hydroxyl groups is 1. The third-order valence-corrected chi connectivity index (χ3v) is 3.66. The highest BCUT2D eigenvalue weighted by atomic mass is 16.5. The van der Waals surface area contributed by atoms with E-state index in [1.807, 2.05) is 0 Å². The van der Waals surface area contributed by atoms with E-state index < -0.39 is 11.7 Å². The van der Waals surface area contributed by atoms with E-state index in [-0.39, 0.29) is 12.4 Å². The standard InChI is InChI=1S/C12H21N3O3/c1-17-12(6-4-2-3-5-7-12)11-14-10(18-15-11)9(16)8-13/h9,16H,2-8,13H2,1H3. The largest absolute Gasteiger partial charge is 0.382 e. The van der Waals surface area contributed by atoms with Crippen LogP contribution in [0.4, 0.5) is 0 Å². The lowest BCUT2D eigenvalue weighted by molar-refractivity contribution is -0.0365. The van der Waals surface area contributed by atoms with Gasteiger partial charge in [-0.25, -0.2) is 0 Å². The number of nitrogens with zero attached hydrogens (tertiary/aromatic N) is 2. The van der Waals surface area contributed by atoms with Crippen molar-refractivity contribution in [1.82, 2.24) is 10.1 Å². The molecule has 0 aromatic carbocycles. The molecule has 0 spiro atoms. The number of aromatic nitrogens is 2. The SMILES string of the molecule is COC1(c2noc(C(O)CN)n2)CCCCCC1. The first-order valence-corrected chi connectivity index (χ1v) is 6.49. The minimum atomic E-state index is -0.897. The van der Waals surface area contributed by atoms with Crippen LogP contribution in [0.15, 0.2) is 4.52 Å². The number of hydrogen-bond donors (Lipinski definition) is 2. The highest BCUT2D eigenvalue weighted by molar-refractivity contribution is 5.03. The molecule has 0 bridgehead atoms. The molecule has 1 aromatic rings. The van der Waals surface area contributed by atoms with Crippen molar-refractivity contribution >= 4 is 0 Å². The molecule has 1 aromatic heterocycles. The highest BCUT2D eigenvalue weighted by Gasteiger charge is 2.38. The Morgan fingerprint density at radius 1 is 1.39 bits per heavy atom. The highest BCUT2D eigenvalue weighted by Crippen LogP contribution is 2.37. The van der Waals surface area contributed by atoms with Gasteiger partial charge >= 0.3 is 0 Å². The van der Waals surface area contributed by atoms with E-state index in [0.717, 1.165) is 25.7 Å². The number of aliphatic hydroxyl groups excluding tert-OH is 1. The van der Waals surface area contributed by atoms with Crippen LogP contribution in [-0.4, -0.2) is 28.9 Å². The molecule has 0 radical (unpaired) electrons. The second kappa shape index (κ2) is 5.77. The lowest BCUT2D eigenvalue weighted by Gasteiger charge is -2.27. The summed E-state index contributed by atoms with van der Waals surface area (Å²) >= 11 is 0. The Hall–Kier alpha value is -0.980. The molecule has 0 aliphatic heterocycles. The molecule has 1 atom stereocenters. The van der Waals surface area contributed by atoms with Crippen LogP contribution >= 0.6 is 0 Å². The molecule has 18 heavy (non-hydrogen) atoms. The first-order valence-electron chi connectivity index (χ1n) is 6.49. The molecule has 0 saturated heterocycles. The van der Waals surface area contributed by atoms with Crippen molar-refractivity contribution in [3.8, 4) is 0 Å². The second-order valence-corrected chi connectivity index (χ2v) is 4.82. The van der Waals surface area contributed by atoms with Gasteiger partial charge in [0.25, 0.3) is 5.89 Å². The topological polar surface area (TPSA) is 94.4 Å². The van der Waals surface area contributed by atoms with Crippen molar-refractivity contribution in [3.05, 3.63) is 11.7 Å². The van der Waals surface area contributed by atoms with E-state index in [0.29, 0.717) is 5.82 Å². The number of rotatable bonds is 4. The van der Waals surface area contributed by atoms with E-state index in [2.05, 4.69) is 10.1 Å². The Labute approximate surface area is 107 Å². The number of ether oxygens (including phenoxy) is 1. The molecule has 1 aliphatic carbocycles. The zero-order chi connectivity index (χ0) is 13.0. The summed E-state index contributed by atoms with van der Waals surface area (Å²) < 4.78 is 10.7. The van der Waals surface area contributed by atoms with Gasteiger partial charge in [0.1, 0.15) is 11.7 Å². The summed E-state index contributed by atoms with van der Waals surface area (Å²) in [5.74, 6) is 0.711. The molecule has 3 N–H and O–H groups in total. The summed E-state index contributed by atoms with van der Waals surface area (Å²) in [6, 6.07) is 0. The predicted octanol–water partition coefficient (Wildman–Crippen LogP) is 1.26. The van der Waals surface area contributed by atoms with Crippen molar-refractivity contribution in [1.29, 1.82) is 0 Å². The third kappa shape index (κ3) is 2.55. The van der Waals surface area contributed by atoms with Gasteiger partial charge in [-0.15, -0.1) is 0 Å². The van der Waals surface area contributed by atoms with Crippen LogP contribution in [0.2, 0.25) is 0 Å². The number of hydrogen-bond acceptors (Lipinski definition) is 6. The zero-order valence-corrected chi connectivity index (χ0v) is 10.8. The van der Waals surface area contributed by atoms with Crippen LogP contribution in [0.1, 0.15) is 56.3 Å². The van der Waals surface area contributed by atoms with Gasteiger partial charge in [0.05, 0.1) is 0 Å². The Kier molecular flexibility index (Phi) is 4.31. The molecule has 1 heterocycles. The average molecular weight is 255 g/mol. The molecule has 1 aliphatic rings. The quantitative estimate of drug-likeness (QED) is 0.786. The fourth-order valence-electron chi connectivity index (χ4n) is 2.48. The van der Waals surface area contributed by atoms with Gasteiger partial charge in [-0.2, -0.15) is 4.98 Å². The Bertz CT molecular complexity index is 372. The van der Waals surface area contributed by atoms with Crippen molar-refractivity contribution in [2.24, 2.45) is 5.73 Å². The fraction of sp³-hybridized carbons (Fsp3) is 0.833. The van der Waals surface area contributed by atoms with E-state index in [1.54, 1.807) is 7.11 Å². The summed E-state index contributed by atoms with van der Waals surface area (Å²) in [5, 5.41) is 13.6. The van der Waals surface area contributed by atoms with Gasteiger partial charge in [-0.3, -0.25) is 0 Å². The fourth-order valence-corrected chi connectivity index (χ4v) is 2.48. The van der Waals surface area contributed by atoms with E-state index in [1.165, 1.54) is 12.8 Å². The summed E-state index contributed by atoms with van der Waals surface area (Å²) in [6.07, 6.45) is 5.49. The van der Waals surface area contributed by atoms with Gasteiger partial charge in [-0.1, -0.05) is 30.8 Å². The molecule has 102 valence electrons. The third-order valence-electron chi connectivity index (χ3n) is 3.66. The molecule has 1 unspecified atom stereocenters. The van der Waals surface area contributed by atoms with Crippen LogP contribution in [0, 0.1) is 0 Å². The van der Waals surface area contributed by atoms with Crippen molar-refractivity contribution < 1.29 is 14.4 Å². The molecule has 6 heteroatoms. The van der Waals surface area contributed by atoms with Gasteiger partial charge in [0, 0.05) is 13.7 Å². The van der Waals surface area contributed by atoms with Crippen LogP contribution in [0.5, 0.6) is 0 Å². The smallest absolute Gasteiger partial charge is 0.256 e. The summed E-state index contributed by atoms with van der Waals surface area (Å²) in [6.45, 7) is 0.0710. The van der Waals surface area contributed by atoms with Crippen molar-refractivity contribution in [2.75, 3.05) is 13.7 Å². The van der Waals surface area contributed by atoms with Crippen molar-refractivity contribution in [3.63, 3.8) is 0 Å². The molecule has 2 rings (SSSR count). The normalized spacial score (nSPS) is 21.5. The zero-order valence-electron chi connectivity index (χ0n) is 10.8. The van der Waals surface area contributed by atoms with E-state index >= 15 is 0 Å². The maximum atomic E-state index is 9.59. The summed E-state index contributed by atoms with van der Waals surface area (Å²) in [5.41, 5.74) is 4.91. The van der Waals surface area contributed by atoms with Gasteiger partial charge in [-0.05, 0) is 12.8 Å². The number of methoxy groups -OCH3 is 1. The van der Waals surface area contributed by atoms with Crippen LogP contribution in [-0.2, 0) is 10.3 Å². The second-order valence-electron chi connectivity index (χ2n) is 4.82. The summed E-state index contributed by atoms with van der Waals surface area (Å²) in [7, 11) is 1.68. The van der Waals surface area contributed by atoms with Crippen LogP contribution in [0.3, 0.4) is 0 Å². The average Bonchev–Trinajstić information content (AvgIpc) is 2.78. The van der Waals surface area contributed by atoms with E-state index in [9.17, 15) is 5.11 Å². The lowest BCUT2D eigenvalue weighted by atomic mass is 9.93. The minimum absolute atomic E-state index is 0.0710. The Morgan fingerprint density at radius 2 is 2.06 bits per heavy atom. The summed E-state index contributed by atoms with van der Waals surface area (Å²) in [4.78, 5) is 4.26. The van der Waals surface area contributed by atoms with Crippen LogP contribution < -0.4 is 5.73 Å². The maximum Gasteiger partial charge on any atom is 0.256 e. The predicted molar refractivity (Wildman–Crippen MR) is 64.7 cm³/mol. The Balaban J connectivity index is 2.23. The first kappa shape index (κ1) is 13.5. The number of nitrogens with two attached hydrogens (primary N) is 1. The molecule has 6 nitrogen and oxygen atoms in total. The minimum Gasteiger partial charge on any atom is -0.382 e. The van der Waals surface area contributed by atoms with Gasteiger partial charge in [0.2, 0.25) is 5.82 Å². The van der Waals surface area contributed by atoms with Crippen LogP contribution in [0.25, 0.3) is 0 Å². The molecular formula is C12H21N3O3. The maximum absolute atomic E-state index is 9.59. The molecule has 0 amide bonds. The van der Waals surface area contributed by atoms with Gasteiger partial charge < -0.3 is 20.1 Å². The molecule has 1 fully saturated rings. The Morgan fingerprint density at radius 3 is 2.61 bits per heavy atom. The van der Waals surface area contributed by atoms with Crippen molar-refractivity contribution in [2.45, 2.75) is 50.2 Å². The monoisotopic (exact) mass is 255 g/mol. The molecular weight excluding hydrogens is 234 g/mol. The lowest BCUT2D eigenvalue weighted by Crippen LogP contribution is -2.29.